The number of rotatable bonds is 24. The van der Waals surface area contributed by atoms with Gasteiger partial charge in [0.15, 0.2) is 0 Å². The van der Waals surface area contributed by atoms with Crippen molar-refractivity contribution in [3.8, 4) is 33.6 Å². The molecule has 6 fully saturated rings. The minimum atomic E-state index is -4.01. The highest BCUT2D eigenvalue weighted by molar-refractivity contribution is 7.86. The summed E-state index contributed by atoms with van der Waals surface area (Å²) >= 11 is 0. The number of aliphatic hydroxyl groups is 1. The first-order valence-electron chi connectivity index (χ1n) is 40.5. The number of carbonyl (C=O) groups is 12. The highest BCUT2D eigenvalue weighted by atomic mass is 32.2. The number of carboxylic acids is 2. The minimum absolute atomic E-state index is 0.00593. The van der Waals surface area contributed by atoms with Gasteiger partial charge in [-0.15, -0.1) is 0 Å². The molecule has 2 aromatic heterocycles. The van der Waals surface area contributed by atoms with Crippen molar-refractivity contribution in [1.82, 2.24) is 61.6 Å². The highest BCUT2D eigenvalue weighted by Crippen LogP contribution is 2.36. The van der Waals surface area contributed by atoms with Crippen LogP contribution in [0.3, 0.4) is 0 Å². The van der Waals surface area contributed by atoms with Gasteiger partial charge in [0.2, 0.25) is 17.7 Å². The van der Waals surface area contributed by atoms with Crippen molar-refractivity contribution >= 4 is 82.2 Å². The standard InChI is InChI=1S/C37H40N8O5.C23H29NO7S.C12H13NO4.C9H17NO5.C5H7NO4/c46-32-7-1-4-26(40-32)35(47)44-17-2-5-30(44)33-38-20-28(41-33)24-12-8-22(9-13-24)23-10-14-25(15-11-23)29-21-39-34(42-29)31-6-3-18-45(31)36(48)27-16-19-50-37(49)43-27;1-17-10-12-19(13-11-17)32(27,28)30-15-14-20(24-22(26)31-23(2,3)4)21(25)29-16-18-8-6-5-7-9-18;14-11(10-6-7-16-12(15)13-10)17-8-9-4-2-1-3-5-9;1-9(2,3)15-8(14)10-6(4-5-11)7(12)13;7-4(8)3-1-2-10-5(9)6-3/h8-15,20-21,26-27,30-31H,1-7,16-19H2,(H,38,41)(H,39,42)(H,40,46)(H,43,49);5-13,20H,14-16H2,1-4H3,(H,24,26);1-5,10H,6-8H2,(H,13,15);6,11H,4-5H2,1-3H3,(H,10,14)(H,12,13);3H,1-2H2,(H,6,9)(H,7,8)/t26?,27-,30-,31-;20-;10-;6-;3-/m00000/s1. The fourth-order valence-corrected chi connectivity index (χ4v) is 14.3. The number of alkyl carbamates (subject to hydrolysis) is 5. The van der Waals surface area contributed by atoms with E-state index in [1.165, 1.54) is 12.1 Å². The molecule has 8 amide bonds. The van der Waals surface area contributed by atoms with Gasteiger partial charge in [-0.1, -0.05) is 127 Å². The van der Waals surface area contributed by atoms with Crippen LogP contribution in [0.1, 0.15) is 159 Å². The number of carbonyl (C=O) groups excluding carboxylic acids is 10. The van der Waals surface area contributed by atoms with Crippen molar-refractivity contribution in [2.75, 3.05) is 46.1 Å². The number of benzene rings is 5. The Morgan fingerprint density at radius 1 is 0.524 bits per heavy atom. The molecule has 0 saturated carbocycles. The second-order valence-corrected chi connectivity index (χ2v) is 33.0. The number of esters is 2. The van der Waals surface area contributed by atoms with Gasteiger partial charge in [-0.2, -0.15) is 8.42 Å². The van der Waals surface area contributed by atoms with Gasteiger partial charge < -0.3 is 100 Å². The lowest BCUT2D eigenvalue weighted by Crippen LogP contribution is -2.51. The molecule has 0 spiro atoms. The number of imidazole rings is 2. The van der Waals surface area contributed by atoms with Crippen LogP contribution < -0.4 is 31.9 Å². The number of H-pyrrole nitrogens is 2. The summed E-state index contributed by atoms with van der Waals surface area (Å²) in [5, 5.41) is 40.3. The Morgan fingerprint density at radius 2 is 0.960 bits per heavy atom. The van der Waals surface area contributed by atoms with Gasteiger partial charge in [-0.25, -0.2) is 53.1 Å². The maximum atomic E-state index is 13.3. The van der Waals surface area contributed by atoms with Crippen LogP contribution >= 0.6 is 0 Å². The predicted molar refractivity (Wildman–Crippen MR) is 444 cm³/mol. The molecule has 6 saturated heterocycles. The second kappa shape index (κ2) is 45.2. The molecular weight excluding hydrogens is 1630 g/mol. The molecule has 37 nitrogen and oxygen atoms in total. The Bertz CT molecular complexity index is 4770. The van der Waals surface area contributed by atoms with E-state index in [0.29, 0.717) is 45.2 Å². The number of amides is 8. The van der Waals surface area contributed by atoms with Crippen molar-refractivity contribution in [2.45, 2.75) is 203 Å². The summed E-state index contributed by atoms with van der Waals surface area (Å²) in [5.41, 5.74) is 7.07. The SMILES string of the molecule is CC(C)(C)OC(=O)N[C@@H](CCO)C(=O)O.Cc1ccc(S(=O)(=O)OCC[C@H](NC(=O)OC(C)(C)C)C(=O)OCc2ccccc2)cc1.O=C1CCCC(C(=O)N2CCC[C@H]2c2ncc(-c3ccc(-c4ccc(-c5cnc([C@@H]6CCCN6C(=O)[C@@H]6CCOC(=O)N6)[nH]5)cc4)cc3)[nH]2)N1.O=C1N[C@H](C(=O)O)CCO1.O=C1N[C@H](C(=O)OCc2ccccc2)CCO1. The summed E-state index contributed by atoms with van der Waals surface area (Å²) in [6.45, 7) is 13.5. The lowest BCUT2D eigenvalue weighted by atomic mass is 10.0. The van der Waals surface area contributed by atoms with E-state index < -0.39 is 112 Å². The zero-order chi connectivity index (χ0) is 89.7. The number of hydrogen-bond acceptors (Lipinski definition) is 25. The lowest BCUT2D eigenvalue weighted by Gasteiger charge is -2.30. The van der Waals surface area contributed by atoms with E-state index in [1.807, 2.05) is 77.6 Å². The molecule has 0 aliphatic carbocycles. The van der Waals surface area contributed by atoms with Crippen LogP contribution in [-0.2, 0) is 94.2 Å². The fourth-order valence-electron chi connectivity index (χ4n) is 13.4. The van der Waals surface area contributed by atoms with Gasteiger partial charge in [0, 0.05) is 58.2 Å². The number of aliphatic hydroxyl groups excluding tert-OH is 1. The summed E-state index contributed by atoms with van der Waals surface area (Å²) in [5.74, 6) is -2.01. The number of aromatic amines is 2. The lowest BCUT2D eigenvalue weighted by molar-refractivity contribution is -0.149. The number of cyclic esters (lactones) is 3. The molecule has 38 heteroatoms. The Hall–Kier alpha value is -13.0. The van der Waals surface area contributed by atoms with Gasteiger partial charge in [0.05, 0.1) is 67.2 Å². The summed E-state index contributed by atoms with van der Waals surface area (Å²) < 4.78 is 64.3. The van der Waals surface area contributed by atoms with Crippen molar-refractivity contribution in [2.24, 2.45) is 0 Å². The van der Waals surface area contributed by atoms with Crippen LogP contribution in [0.4, 0.5) is 24.0 Å². The van der Waals surface area contributed by atoms with Crippen molar-refractivity contribution < 1.29 is 119 Å². The van der Waals surface area contributed by atoms with Crippen LogP contribution in [0.25, 0.3) is 33.6 Å². The molecule has 8 heterocycles. The number of aliphatic carboxylic acids is 2. The number of carboxylic acid groups (broad SMARTS) is 2. The number of piperidine rings is 1. The average Bonchev–Trinajstić information content (AvgIpc) is 1.65. The molecule has 6 aliphatic heterocycles. The van der Waals surface area contributed by atoms with Crippen LogP contribution in [0, 0.1) is 6.92 Å². The molecule has 7 aromatic rings. The van der Waals surface area contributed by atoms with Crippen LogP contribution in [-0.4, -0.2) is 219 Å². The third-order valence-corrected chi connectivity index (χ3v) is 20.9. The molecule has 1 unspecified atom stereocenters. The molecule has 0 radical (unpaired) electrons. The Labute approximate surface area is 716 Å². The monoisotopic (exact) mass is 1740 g/mol. The molecule has 11 N–H and O–H groups in total. The molecule has 666 valence electrons. The van der Waals surface area contributed by atoms with Crippen LogP contribution in [0.15, 0.2) is 151 Å². The van der Waals surface area contributed by atoms with Crippen molar-refractivity contribution in [3.63, 3.8) is 0 Å². The van der Waals surface area contributed by atoms with Crippen LogP contribution in [0.5, 0.6) is 0 Å². The van der Waals surface area contributed by atoms with E-state index in [9.17, 15) is 66.0 Å². The predicted octanol–water partition coefficient (Wildman–Crippen LogP) is 9.50. The molecule has 13 rings (SSSR count). The fraction of sp³-hybridized carbons (Fsp3) is 0.442. The zero-order valence-electron chi connectivity index (χ0n) is 69.8. The number of ether oxygens (including phenoxy) is 7. The van der Waals surface area contributed by atoms with Gasteiger partial charge >= 0.3 is 54.3 Å². The summed E-state index contributed by atoms with van der Waals surface area (Å²) in [7, 11) is -4.01. The van der Waals surface area contributed by atoms with Gasteiger partial charge in [-0.05, 0) is 133 Å². The molecule has 5 aromatic carbocycles. The quantitative estimate of drug-likeness (QED) is 0.0152. The first-order chi connectivity index (χ1) is 59.1. The van der Waals surface area contributed by atoms with E-state index in [0.717, 1.165) is 94.1 Å². The number of aryl methyl sites for hydroxylation is 1. The van der Waals surface area contributed by atoms with Crippen molar-refractivity contribution in [3.05, 3.63) is 174 Å². The smallest absolute Gasteiger partial charge is 0.408 e. The highest BCUT2D eigenvalue weighted by Gasteiger charge is 2.40. The average molecular weight is 1740 g/mol. The Morgan fingerprint density at radius 3 is 1.40 bits per heavy atom. The molecule has 124 heavy (non-hydrogen) atoms. The normalized spacial score (nSPS) is 19.0. The maximum Gasteiger partial charge on any atom is 0.408 e. The minimum Gasteiger partial charge on any atom is -0.480 e. The topological polar surface area (TPSA) is 510 Å². The summed E-state index contributed by atoms with van der Waals surface area (Å²) in [6, 6.07) is 36.3. The third-order valence-electron chi connectivity index (χ3n) is 19.6. The zero-order valence-corrected chi connectivity index (χ0v) is 70.7. The summed E-state index contributed by atoms with van der Waals surface area (Å²) in [4.78, 5) is 160. The molecule has 6 aliphatic rings. The summed E-state index contributed by atoms with van der Waals surface area (Å²) in [6.07, 6.45) is 6.63. The van der Waals surface area contributed by atoms with Crippen LogP contribution in [0.2, 0.25) is 0 Å². The van der Waals surface area contributed by atoms with Gasteiger partial charge in [-0.3, -0.25) is 18.6 Å². The van der Waals surface area contributed by atoms with E-state index in [1.54, 1.807) is 65.8 Å². The first kappa shape index (κ1) is 94.9. The van der Waals surface area contributed by atoms with E-state index in [4.69, 9.17) is 43.2 Å². The second-order valence-electron chi connectivity index (χ2n) is 31.4. The Kier molecular flexibility index (Phi) is 34.6. The van der Waals surface area contributed by atoms with Gasteiger partial charge in [0.1, 0.15) is 72.3 Å². The van der Waals surface area contributed by atoms with E-state index >= 15 is 0 Å². The molecule has 8 atom stereocenters. The number of nitrogens with one attached hydrogen (secondary N) is 8. The molecule has 0 bridgehead atoms. The first-order valence-corrected chi connectivity index (χ1v) is 41.9. The maximum absolute atomic E-state index is 13.3. The van der Waals surface area contributed by atoms with E-state index in [2.05, 4.69) is 110 Å². The number of aromatic nitrogens is 4. The third kappa shape index (κ3) is 29.7. The number of nitrogens with zero attached hydrogens (tertiary/aromatic N) is 4. The molecular formula is C86H106N12O25S. The number of likely N-dealkylation sites (tertiary alicyclic amines) is 2. The van der Waals surface area contributed by atoms with Crippen molar-refractivity contribution in [1.29, 1.82) is 0 Å². The van der Waals surface area contributed by atoms with E-state index in [-0.39, 0.29) is 93.8 Å². The number of hydrogen-bond donors (Lipinski definition) is 11. The Balaban J connectivity index is 0.000000200. The largest absolute Gasteiger partial charge is 0.480 e. The van der Waals surface area contributed by atoms with Gasteiger partial charge in [0.25, 0.3) is 10.1 Å².